The van der Waals surface area contributed by atoms with E-state index in [4.69, 9.17) is 9.47 Å². The molecule has 1 heterocycles. The number of aryl methyl sites for hydroxylation is 3. The maximum absolute atomic E-state index is 5.50. The Balaban J connectivity index is 1.90. The lowest BCUT2D eigenvalue weighted by Crippen LogP contribution is -2.37. The second-order valence-corrected chi connectivity index (χ2v) is 6.84. The van der Waals surface area contributed by atoms with Crippen LogP contribution in [-0.2, 0) is 19.5 Å². The molecule has 0 radical (unpaired) electrons. The number of hydrogen-bond donors (Lipinski definition) is 2. The number of ether oxygens (including phenoxy) is 2. The van der Waals surface area contributed by atoms with E-state index >= 15 is 0 Å². The summed E-state index contributed by atoms with van der Waals surface area (Å²) >= 11 is 0. The number of hydrogen-bond acceptors (Lipinski definition) is 4. The van der Waals surface area contributed by atoms with Gasteiger partial charge in [-0.25, -0.2) is 0 Å². The van der Waals surface area contributed by atoms with Crippen molar-refractivity contribution in [2.45, 2.75) is 39.8 Å². The van der Waals surface area contributed by atoms with Crippen LogP contribution >= 0.6 is 0 Å². The maximum Gasteiger partial charge on any atom is 0.191 e. The fourth-order valence-corrected chi connectivity index (χ4v) is 3.26. The van der Waals surface area contributed by atoms with Gasteiger partial charge in [0.05, 0.1) is 19.9 Å². The summed E-state index contributed by atoms with van der Waals surface area (Å²) in [6.45, 7) is 10.2. The molecule has 158 valence electrons. The van der Waals surface area contributed by atoms with E-state index in [9.17, 15) is 0 Å². The topological polar surface area (TPSA) is 72.7 Å². The summed E-state index contributed by atoms with van der Waals surface area (Å²) in [7, 11) is 5.07. The van der Waals surface area contributed by atoms with Gasteiger partial charge in [-0.3, -0.25) is 9.67 Å². The van der Waals surface area contributed by atoms with E-state index in [2.05, 4.69) is 46.4 Å². The second kappa shape index (κ2) is 11.1. The number of benzene rings is 1. The molecule has 0 atom stereocenters. The third-order valence-electron chi connectivity index (χ3n) is 4.61. The van der Waals surface area contributed by atoms with Crippen molar-refractivity contribution >= 4 is 5.96 Å². The third-order valence-corrected chi connectivity index (χ3v) is 4.61. The van der Waals surface area contributed by atoms with Gasteiger partial charge < -0.3 is 20.1 Å². The molecule has 0 aliphatic rings. The molecular formula is C22H33N5O2. The first kappa shape index (κ1) is 22.3. The maximum atomic E-state index is 5.50. The molecule has 2 aromatic rings. The molecule has 0 unspecified atom stereocenters. The second-order valence-electron chi connectivity index (χ2n) is 6.84. The number of methoxy groups -OCH3 is 2. The molecule has 1 aromatic carbocycles. The minimum Gasteiger partial charge on any atom is -0.493 e. The van der Waals surface area contributed by atoms with Crippen molar-refractivity contribution in [3.05, 3.63) is 53.4 Å². The number of aliphatic imine (C=N–C) groups is 1. The number of allylic oxidation sites excluding steroid dienone is 1. The van der Waals surface area contributed by atoms with Crippen LogP contribution in [0, 0.1) is 13.8 Å². The number of rotatable bonds is 10. The molecular weight excluding hydrogens is 366 g/mol. The molecule has 29 heavy (non-hydrogen) atoms. The number of nitrogens with zero attached hydrogens (tertiary/aromatic N) is 3. The molecule has 0 aliphatic carbocycles. The largest absolute Gasteiger partial charge is 0.493 e. The first-order chi connectivity index (χ1) is 14.0. The van der Waals surface area contributed by atoms with E-state index in [-0.39, 0.29) is 0 Å². The van der Waals surface area contributed by atoms with Gasteiger partial charge in [0.15, 0.2) is 17.5 Å². The first-order valence-corrected chi connectivity index (χ1v) is 9.82. The number of aromatic nitrogens is 2. The van der Waals surface area contributed by atoms with E-state index in [1.54, 1.807) is 21.3 Å². The molecule has 0 saturated carbocycles. The fraction of sp³-hybridized carbons (Fsp3) is 0.455. The highest BCUT2D eigenvalue weighted by Crippen LogP contribution is 2.33. The highest BCUT2D eigenvalue weighted by molar-refractivity contribution is 5.79. The summed E-state index contributed by atoms with van der Waals surface area (Å²) in [6, 6.07) is 6.18. The van der Waals surface area contributed by atoms with Gasteiger partial charge in [0, 0.05) is 37.9 Å². The van der Waals surface area contributed by atoms with Gasteiger partial charge in [0.1, 0.15) is 0 Å². The summed E-state index contributed by atoms with van der Waals surface area (Å²) in [5, 5.41) is 11.2. The molecule has 7 heteroatoms. The van der Waals surface area contributed by atoms with Crippen molar-refractivity contribution in [1.82, 2.24) is 20.4 Å². The van der Waals surface area contributed by atoms with Crippen molar-refractivity contribution in [3.63, 3.8) is 0 Å². The molecule has 0 amide bonds. The monoisotopic (exact) mass is 399 g/mol. The van der Waals surface area contributed by atoms with E-state index in [0.29, 0.717) is 13.0 Å². The Hall–Kier alpha value is -2.96. The average molecular weight is 400 g/mol. The fourth-order valence-electron chi connectivity index (χ4n) is 3.26. The minimum absolute atomic E-state index is 0.627. The standard InChI is InChI=1S/C22H33N5O2/c1-7-9-19-13-18(14-20(28-5)21(19)29-6)15-25-22(23-4)24-10-8-11-27-17(3)12-16(2)26-27/h7,12-14H,1,8-11,15H2,2-6H3,(H2,23,24,25). The normalized spacial score (nSPS) is 11.3. The average Bonchev–Trinajstić information content (AvgIpc) is 3.04. The Bertz CT molecular complexity index is 842. The zero-order chi connectivity index (χ0) is 21.2. The zero-order valence-electron chi connectivity index (χ0n) is 18.2. The summed E-state index contributed by atoms with van der Waals surface area (Å²) < 4.78 is 13.0. The van der Waals surface area contributed by atoms with Gasteiger partial charge in [0.25, 0.3) is 0 Å². The molecule has 2 rings (SSSR count). The van der Waals surface area contributed by atoms with Crippen LogP contribution in [0.2, 0.25) is 0 Å². The predicted molar refractivity (Wildman–Crippen MR) is 118 cm³/mol. The Kier molecular flexibility index (Phi) is 8.58. The summed E-state index contributed by atoms with van der Waals surface area (Å²) in [5.41, 5.74) is 4.38. The van der Waals surface area contributed by atoms with Crippen LogP contribution in [0.15, 0.2) is 35.8 Å². The van der Waals surface area contributed by atoms with Gasteiger partial charge in [-0.15, -0.1) is 6.58 Å². The molecule has 2 N–H and O–H groups in total. The molecule has 0 aliphatic heterocycles. The molecule has 0 bridgehead atoms. The van der Waals surface area contributed by atoms with Crippen LogP contribution in [0.3, 0.4) is 0 Å². The molecule has 0 saturated heterocycles. The van der Waals surface area contributed by atoms with Crippen LogP contribution < -0.4 is 20.1 Å². The van der Waals surface area contributed by atoms with E-state index in [0.717, 1.165) is 53.8 Å². The van der Waals surface area contributed by atoms with Gasteiger partial charge in [-0.2, -0.15) is 5.10 Å². The number of guanidine groups is 1. The predicted octanol–water partition coefficient (Wildman–Crippen LogP) is 3.00. The van der Waals surface area contributed by atoms with Crippen LogP contribution in [0.5, 0.6) is 11.5 Å². The van der Waals surface area contributed by atoms with Crippen molar-refractivity contribution < 1.29 is 9.47 Å². The van der Waals surface area contributed by atoms with E-state index < -0.39 is 0 Å². The van der Waals surface area contributed by atoms with Crippen LogP contribution in [-0.4, -0.2) is 43.6 Å². The van der Waals surface area contributed by atoms with Crippen molar-refractivity contribution in [2.24, 2.45) is 4.99 Å². The Morgan fingerprint density at radius 1 is 1.21 bits per heavy atom. The Labute approximate surface area is 173 Å². The van der Waals surface area contributed by atoms with Crippen molar-refractivity contribution in [3.8, 4) is 11.5 Å². The smallest absolute Gasteiger partial charge is 0.191 e. The van der Waals surface area contributed by atoms with Crippen LogP contribution in [0.25, 0.3) is 0 Å². The van der Waals surface area contributed by atoms with Gasteiger partial charge in [-0.05, 0) is 50.5 Å². The quantitative estimate of drug-likeness (QED) is 0.278. The van der Waals surface area contributed by atoms with Crippen molar-refractivity contribution in [2.75, 3.05) is 27.8 Å². The van der Waals surface area contributed by atoms with Gasteiger partial charge in [-0.1, -0.05) is 6.08 Å². The minimum atomic E-state index is 0.627. The lowest BCUT2D eigenvalue weighted by atomic mass is 10.1. The first-order valence-electron chi connectivity index (χ1n) is 9.82. The molecule has 0 fully saturated rings. The highest BCUT2D eigenvalue weighted by atomic mass is 16.5. The summed E-state index contributed by atoms with van der Waals surface area (Å²) in [6.07, 6.45) is 3.53. The van der Waals surface area contributed by atoms with Crippen LogP contribution in [0.4, 0.5) is 0 Å². The van der Waals surface area contributed by atoms with Crippen LogP contribution in [0.1, 0.15) is 28.9 Å². The number of nitrogens with one attached hydrogen (secondary N) is 2. The third kappa shape index (κ3) is 6.27. The molecule has 7 nitrogen and oxygen atoms in total. The zero-order valence-corrected chi connectivity index (χ0v) is 18.2. The molecule has 0 spiro atoms. The van der Waals surface area contributed by atoms with Gasteiger partial charge >= 0.3 is 0 Å². The van der Waals surface area contributed by atoms with E-state index in [1.807, 2.05) is 23.7 Å². The lowest BCUT2D eigenvalue weighted by Gasteiger charge is -2.16. The van der Waals surface area contributed by atoms with Crippen molar-refractivity contribution in [1.29, 1.82) is 0 Å². The summed E-state index contributed by atoms with van der Waals surface area (Å²) in [4.78, 5) is 4.30. The highest BCUT2D eigenvalue weighted by Gasteiger charge is 2.12. The van der Waals surface area contributed by atoms with E-state index in [1.165, 1.54) is 5.69 Å². The Morgan fingerprint density at radius 2 is 2.00 bits per heavy atom. The Morgan fingerprint density at radius 3 is 2.59 bits per heavy atom. The SMILES string of the molecule is C=CCc1cc(CNC(=NC)NCCCn2nc(C)cc2C)cc(OC)c1OC. The lowest BCUT2D eigenvalue weighted by molar-refractivity contribution is 0.352. The van der Waals surface area contributed by atoms with Gasteiger partial charge in [0.2, 0.25) is 0 Å². The molecule has 1 aromatic heterocycles. The summed E-state index contributed by atoms with van der Waals surface area (Å²) in [5.74, 6) is 2.23.